The van der Waals surface area contributed by atoms with Crippen LogP contribution in [0.15, 0.2) is 229 Å². The van der Waals surface area contributed by atoms with Crippen LogP contribution in [0.2, 0.25) is 0 Å². The largest absolute Gasteiger partial charge is 0.455 e. The van der Waals surface area contributed by atoms with Crippen molar-refractivity contribution < 1.29 is 4.42 Å². The molecule has 1 aromatic heterocycles. The summed E-state index contributed by atoms with van der Waals surface area (Å²) >= 11 is 0. The van der Waals surface area contributed by atoms with Crippen LogP contribution in [0.25, 0.3) is 77.2 Å². The summed E-state index contributed by atoms with van der Waals surface area (Å²) in [7, 11) is 0. The standard InChI is InChI=1S/C66H51NO/c1-66(47-24-6-3-7-25-47)58-35-12-8-29-57(58)64-50(31-19-36-59(64)66)45-40-42-48(43-41-45)67(61-38-14-10-27-52(61)55-33-18-34-56-53-28-11-15-39-62(53)68-65(55)56)60-37-13-9-26-51(60)54-32-17-23-46-22-16-30-49(63(46)54)44-20-4-2-5-21-44/h3,6-19,22-44H,2,4-5,20-21H2,1H3. The van der Waals surface area contributed by atoms with E-state index >= 15 is 0 Å². The van der Waals surface area contributed by atoms with Crippen LogP contribution in [0.3, 0.4) is 0 Å². The number of anilines is 3. The number of benzene rings is 10. The van der Waals surface area contributed by atoms with Crippen LogP contribution < -0.4 is 4.90 Å². The highest BCUT2D eigenvalue weighted by Gasteiger charge is 2.41. The van der Waals surface area contributed by atoms with Crippen molar-refractivity contribution in [3.63, 3.8) is 0 Å². The highest BCUT2D eigenvalue weighted by molar-refractivity contribution is 6.11. The molecule has 0 aliphatic heterocycles. The summed E-state index contributed by atoms with van der Waals surface area (Å²) in [4.78, 5) is 2.50. The minimum absolute atomic E-state index is 0.269. The van der Waals surface area contributed by atoms with Crippen molar-refractivity contribution >= 4 is 49.8 Å². The van der Waals surface area contributed by atoms with Crippen molar-refractivity contribution in [2.75, 3.05) is 4.90 Å². The van der Waals surface area contributed by atoms with E-state index in [0.717, 1.165) is 50.1 Å². The maximum Gasteiger partial charge on any atom is 0.143 e. The summed E-state index contributed by atoms with van der Waals surface area (Å²) in [6, 6.07) is 83.0. The molecule has 0 saturated heterocycles. The van der Waals surface area contributed by atoms with Gasteiger partial charge in [-0.05, 0) is 117 Å². The monoisotopic (exact) mass is 873 g/mol. The van der Waals surface area contributed by atoms with Crippen molar-refractivity contribution in [2.45, 2.75) is 50.4 Å². The van der Waals surface area contributed by atoms with Gasteiger partial charge in [-0.2, -0.15) is 0 Å². The maximum atomic E-state index is 6.75. The van der Waals surface area contributed by atoms with E-state index in [1.54, 1.807) is 0 Å². The number of hydrogen-bond acceptors (Lipinski definition) is 2. The van der Waals surface area contributed by atoms with Gasteiger partial charge >= 0.3 is 0 Å². The first-order chi connectivity index (χ1) is 33.6. The van der Waals surface area contributed by atoms with Gasteiger partial charge in [0, 0.05) is 38.6 Å². The molecular weight excluding hydrogens is 823 g/mol. The Morgan fingerprint density at radius 3 is 1.81 bits per heavy atom. The number of nitrogens with zero attached hydrogens (tertiary/aromatic N) is 1. The van der Waals surface area contributed by atoms with Crippen LogP contribution in [0, 0.1) is 0 Å². The minimum Gasteiger partial charge on any atom is -0.455 e. The third kappa shape index (κ3) is 6.39. The van der Waals surface area contributed by atoms with E-state index < -0.39 is 0 Å². The summed E-state index contributed by atoms with van der Waals surface area (Å²) in [5.74, 6) is 0.561. The highest BCUT2D eigenvalue weighted by Crippen LogP contribution is 2.56. The van der Waals surface area contributed by atoms with Gasteiger partial charge in [0.1, 0.15) is 11.2 Å². The zero-order chi connectivity index (χ0) is 45.2. The van der Waals surface area contributed by atoms with Crippen molar-refractivity contribution in [1.82, 2.24) is 0 Å². The molecule has 0 N–H and O–H groups in total. The molecule has 2 aliphatic carbocycles. The Hall–Kier alpha value is -7.94. The molecule has 0 bridgehead atoms. The average molecular weight is 874 g/mol. The van der Waals surface area contributed by atoms with E-state index in [4.69, 9.17) is 4.42 Å². The van der Waals surface area contributed by atoms with Gasteiger partial charge in [-0.1, -0.05) is 213 Å². The Kier molecular flexibility index (Phi) is 9.75. The molecule has 0 radical (unpaired) electrons. The van der Waals surface area contributed by atoms with E-state index in [1.807, 2.05) is 0 Å². The molecule has 13 rings (SSSR count). The second kappa shape index (κ2) is 16.4. The molecule has 1 saturated carbocycles. The fraction of sp³-hybridized carbons (Fsp3) is 0.121. The van der Waals surface area contributed by atoms with Crippen LogP contribution >= 0.6 is 0 Å². The van der Waals surface area contributed by atoms with Gasteiger partial charge in [0.25, 0.3) is 0 Å². The molecule has 1 fully saturated rings. The summed E-state index contributed by atoms with van der Waals surface area (Å²) < 4.78 is 6.75. The van der Waals surface area contributed by atoms with E-state index in [0.29, 0.717) is 5.92 Å². The van der Waals surface area contributed by atoms with Crippen LogP contribution in [-0.2, 0) is 5.41 Å². The lowest BCUT2D eigenvalue weighted by atomic mass is 9.74. The van der Waals surface area contributed by atoms with Crippen LogP contribution in [0.4, 0.5) is 17.1 Å². The van der Waals surface area contributed by atoms with E-state index in [2.05, 4.69) is 236 Å². The molecule has 10 aromatic carbocycles. The number of furan rings is 1. The van der Waals surface area contributed by atoms with Gasteiger partial charge in [0.2, 0.25) is 0 Å². The Balaban J connectivity index is 1.02. The van der Waals surface area contributed by atoms with Gasteiger partial charge < -0.3 is 9.32 Å². The van der Waals surface area contributed by atoms with Gasteiger partial charge in [-0.15, -0.1) is 0 Å². The summed E-state index contributed by atoms with van der Waals surface area (Å²) in [6.45, 7) is 2.40. The number of rotatable bonds is 8. The van der Waals surface area contributed by atoms with Crippen LogP contribution in [-0.4, -0.2) is 0 Å². The average Bonchev–Trinajstić information content (AvgIpc) is 3.93. The quantitative estimate of drug-likeness (QED) is 0.151. The molecule has 0 spiro atoms. The Bertz CT molecular complexity index is 3680. The SMILES string of the molecule is CC1(c2ccccc2)c2ccccc2-c2c(-c3ccc(N(c4ccccc4-c4cccc5c4oc4ccccc45)c4ccccc4-c4cccc5cccc(C6CCCCC6)c45)cc3)cccc21. The van der Waals surface area contributed by atoms with Gasteiger partial charge in [0.15, 0.2) is 0 Å². The first kappa shape index (κ1) is 40.3. The maximum absolute atomic E-state index is 6.75. The zero-order valence-electron chi connectivity index (χ0n) is 38.3. The molecule has 2 nitrogen and oxygen atoms in total. The lowest BCUT2D eigenvalue weighted by molar-refractivity contribution is 0.445. The Morgan fingerprint density at radius 2 is 1.01 bits per heavy atom. The molecule has 2 aliphatic rings. The number of fused-ring (bicyclic) bond motifs is 7. The Morgan fingerprint density at radius 1 is 0.441 bits per heavy atom. The van der Waals surface area contributed by atoms with Gasteiger partial charge in [-0.25, -0.2) is 0 Å². The van der Waals surface area contributed by atoms with Gasteiger partial charge in [-0.3, -0.25) is 0 Å². The zero-order valence-corrected chi connectivity index (χ0v) is 38.3. The fourth-order valence-corrected chi connectivity index (χ4v) is 12.2. The summed E-state index contributed by atoms with van der Waals surface area (Å²) in [6.07, 6.45) is 6.41. The minimum atomic E-state index is -0.269. The normalized spacial score (nSPS) is 15.7. The number of hydrogen-bond donors (Lipinski definition) is 0. The first-order valence-corrected chi connectivity index (χ1v) is 24.5. The van der Waals surface area contributed by atoms with Gasteiger partial charge in [0.05, 0.1) is 11.4 Å². The molecule has 1 heterocycles. The van der Waals surface area contributed by atoms with Crippen molar-refractivity contribution in [2.24, 2.45) is 0 Å². The van der Waals surface area contributed by atoms with Crippen LogP contribution in [0.5, 0.6) is 0 Å². The lowest BCUT2D eigenvalue weighted by Gasteiger charge is -2.31. The van der Waals surface area contributed by atoms with Crippen molar-refractivity contribution in [3.05, 3.63) is 247 Å². The third-order valence-corrected chi connectivity index (χ3v) is 15.4. The molecule has 1 unspecified atom stereocenters. The molecule has 1 atom stereocenters. The molecule has 11 aromatic rings. The van der Waals surface area contributed by atoms with Crippen LogP contribution in [0.1, 0.15) is 67.2 Å². The lowest BCUT2D eigenvalue weighted by Crippen LogP contribution is -2.22. The predicted octanol–water partition coefficient (Wildman–Crippen LogP) is 18.6. The van der Waals surface area contributed by atoms with E-state index in [-0.39, 0.29) is 5.41 Å². The second-order valence-electron chi connectivity index (χ2n) is 19.0. The summed E-state index contributed by atoms with van der Waals surface area (Å²) in [5.41, 5.74) is 20.0. The highest BCUT2D eigenvalue weighted by atomic mass is 16.3. The smallest absolute Gasteiger partial charge is 0.143 e. The molecule has 326 valence electrons. The third-order valence-electron chi connectivity index (χ3n) is 15.4. The molecule has 0 amide bonds. The summed E-state index contributed by atoms with van der Waals surface area (Å²) in [5, 5.41) is 4.93. The molecule has 68 heavy (non-hydrogen) atoms. The second-order valence-corrected chi connectivity index (χ2v) is 19.0. The fourth-order valence-electron chi connectivity index (χ4n) is 12.2. The topological polar surface area (TPSA) is 16.4 Å². The Labute approximate surface area is 398 Å². The van der Waals surface area contributed by atoms with E-state index in [1.165, 1.54) is 98.5 Å². The van der Waals surface area contributed by atoms with Crippen molar-refractivity contribution in [3.8, 4) is 44.5 Å². The predicted molar refractivity (Wildman–Crippen MR) is 285 cm³/mol. The van der Waals surface area contributed by atoms with E-state index in [9.17, 15) is 0 Å². The van der Waals surface area contributed by atoms with Crippen molar-refractivity contribution in [1.29, 1.82) is 0 Å². The number of para-hydroxylation sites is 4. The molecule has 2 heteroatoms. The first-order valence-electron chi connectivity index (χ1n) is 24.5. The molecular formula is C66H51NO.